The average molecular weight is 327 g/mol. The van der Waals surface area contributed by atoms with Crippen molar-refractivity contribution in [1.29, 1.82) is 0 Å². The number of H-pyrrole nitrogens is 1. The lowest BCUT2D eigenvalue weighted by molar-refractivity contribution is 0.307. The summed E-state index contributed by atoms with van der Waals surface area (Å²) >= 11 is 0. The van der Waals surface area contributed by atoms with Crippen LogP contribution in [0.2, 0.25) is 0 Å². The van der Waals surface area contributed by atoms with E-state index in [9.17, 15) is 4.79 Å². The van der Waals surface area contributed by atoms with Crippen LogP contribution >= 0.6 is 0 Å². The largest absolute Gasteiger partial charge is 0.488 e. The molecule has 4 rings (SSSR count). The fourth-order valence-electron chi connectivity index (χ4n) is 2.89. The lowest BCUT2D eigenvalue weighted by Crippen LogP contribution is -2.02. The van der Waals surface area contributed by atoms with Crippen molar-refractivity contribution < 1.29 is 4.74 Å². The van der Waals surface area contributed by atoms with E-state index >= 15 is 0 Å². The van der Waals surface area contributed by atoms with E-state index in [2.05, 4.69) is 23.2 Å². The maximum atomic E-state index is 11.4. The number of hydrogen-bond donors (Lipinski definition) is 1. The Bertz CT molecular complexity index is 1070. The number of benzene rings is 3. The Balaban J connectivity index is 1.68. The molecule has 0 amide bonds. The van der Waals surface area contributed by atoms with Crippen LogP contribution in [0.4, 0.5) is 0 Å². The molecule has 0 unspecified atom stereocenters. The van der Waals surface area contributed by atoms with Crippen LogP contribution in [0.15, 0.2) is 89.7 Å². The summed E-state index contributed by atoms with van der Waals surface area (Å²) in [6.07, 6.45) is 0. The molecule has 25 heavy (non-hydrogen) atoms. The third-order valence-electron chi connectivity index (χ3n) is 4.16. The van der Waals surface area contributed by atoms with E-state index in [-0.39, 0.29) is 5.56 Å². The number of rotatable bonds is 4. The second-order valence-electron chi connectivity index (χ2n) is 5.90. The molecule has 0 aliphatic carbocycles. The molecular formula is C22H17NO2. The van der Waals surface area contributed by atoms with Crippen LogP contribution in [0, 0.1) is 0 Å². The molecule has 1 aromatic heterocycles. The minimum atomic E-state index is -0.0909. The van der Waals surface area contributed by atoms with Gasteiger partial charge >= 0.3 is 0 Å². The molecule has 0 fully saturated rings. The Hall–Kier alpha value is -3.33. The van der Waals surface area contributed by atoms with E-state index in [1.165, 1.54) is 0 Å². The van der Waals surface area contributed by atoms with E-state index in [0.29, 0.717) is 6.61 Å². The molecule has 0 aliphatic heterocycles. The van der Waals surface area contributed by atoms with Gasteiger partial charge < -0.3 is 9.72 Å². The molecular weight excluding hydrogens is 310 g/mol. The zero-order valence-corrected chi connectivity index (χ0v) is 13.6. The number of aromatic amines is 1. The molecule has 0 aliphatic rings. The Morgan fingerprint density at radius 3 is 2.48 bits per heavy atom. The first kappa shape index (κ1) is 15.2. The van der Waals surface area contributed by atoms with Gasteiger partial charge in [0.15, 0.2) is 0 Å². The molecule has 1 N–H and O–H groups in total. The lowest BCUT2D eigenvalue weighted by atomic mass is 10.0. The maximum absolute atomic E-state index is 11.4. The van der Waals surface area contributed by atoms with Gasteiger partial charge in [0.25, 0.3) is 0 Å². The number of pyridine rings is 1. The van der Waals surface area contributed by atoms with Gasteiger partial charge in [-0.2, -0.15) is 0 Å². The molecule has 3 aromatic carbocycles. The molecule has 1 heterocycles. The summed E-state index contributed by atoms with van der Waals surface area (Å²) in [6.45, 7) is 0.527. The first-order chi connectivity index (χ1) is 12.3. The highest BCUT2D eigenvalue weighted by atomic mass is 16.5. The number of aromatic nitrogens is 1. The standard InChI is InChI=1S/C22H17NO2/c24-22-13-11-18-14-17(10-12-20(18)23-22)19-8-4-5-9-21(19)25-15-16-6-2-1-3-7-16/h1-14H,15H2,(H,23,24). The smallest absolute Gasteiger partial charge is 0.248 e. The van der Waals surface area contributed by atoms with Crippen LogP contribution in [-0.4, -0.2) is 4.98 Å². The Kier molecular flexibility index (Phi) is 4.05. The van der Waals surface area contributed by atoms with E-state index in [4.69, 9.17) is 4.74 Å². The van der Waals surface area contributed by atoms with Crippen LogP contribution in [0.25, 0.3) is 22.0 Å². The van der Waals surface area contributed by atoms with Gasteiger partial charge in [0.05, 0.1) is 0 Å². The average Bonchev–Trinajstić information content (AvgIpc) is 2.67. The number of para-hydroxylation sites is 1. The van der Waals surface area contributed by atoms with Crippen molar-refractivity contribution in [2.45, 2.75) is 6.61 Å². The van der Waals surface area contributed by atoms with Crippen molar-refractivity contribution in [3.05, 3.63) is 101 Å². The first-order valence-electron chi connectivity index (χ1n) is 8.19. The van der Waals surface area contributed by atoms with Crippen LogP contribution in [-0.2, 0) is 6.61 Å². The third kappa shape index (κ3) is 3.31. The van der Waals surface area contributed by atoms with E-state index in [1.807, 2.05) is 60.7 Å². The van der Waals surface area contributed by atoms with Gasteiger partial charge in [0.1, 0.15) is 12.4 Å². The van der Waals surface area contributed by atoms with Crippen molar-refractivity contribution in [1.82, 2.24) is 4.98 Å². The number of nitrogens with one attached hydrogen (secondary N) is 1. The Morgan fingerprint density at radius 1 is 0.800 bits per heavy atom. The van der Waals surface area contributed by atoms with Crippen LogP contribution in [0.1, 0.15) is 5.56 Å². The van der Waals surface area contributed by atoms with E-state index < -0.39 is 0 Å². The molecule has 0 saturated heterocycles. The molecule has 0 saturated carbocycles. The van der Waals surface area contributed by atoms with Gasteiger partial charge in [-0.15, -0.1) is 0 Å². The highest BCUT2D eigenvalue weighted by Crippen LogP contribution is 2.31. The van der Waals surface area contributed by atoms with Gasteiger partial charge in [-0.05, 0) is 40.8 Å². The van der Waals surface area contributed by atoms with Gasteiger partial charge in [-0.3, -0.25) is 4.79 Å². The SMILES string of the molecule is O=c1ccc2cc(-c3ccccc3OCc3ccccc3)ccc2[nH]1. The molecule has 3 nitrogen and oxygen atoms in total. The quantitative estimate of drug-likeness (QED) is 0.586. The highest BCUT2D eigenvalue weighted by Gasteiger charge is 2.07. The fourth-order valence-corrected chi connectivity index (χ4v) is 2.89. The lowest BCUT2D eigenvalue weighted by Gasteiger charge is -2.12. The second kappa shape index (κ2) is 6.65. The summed E-state index contributed by atoms with van der Waals surface area (Å²) in [5.74, 6) is 0.843. The summed E-state index contributed by atoms with van der Waals surface area (Å²) in [5, 5.41) is 0.995. The number of hydrogen-bond acceptors (Lipinski definition) is 2. The normalized spacial score (nSPS) is 10.7. The van der Waals surface area contributed by atoms with Crippen LogP contribution < -0.4 is 10.3 Å². The minimum absolute atomic E-state index is 0.0909. The van der Waals surface area contributed by atoms with Crippen molar-refractivity contribution >= 4 is 10.9 Å². The predicted molar refractivity (Wildman–Crippen MR) is 101 cm³/mol. The Morgan fingerprint density at radius 2 is 1.60 bits per heavy atom. The summed E-state index contributed by atoms with van der Waals surface area (Å²) in [5.41, 5.74) is 3.97. The van der Waals surface area contributed by atoms with Gasteiger partial charge in [-0.25, -0.2) is 0 Å². The number of ether oxygens (including phenoxy) is 1. The summed E-state index contributed by atoms with van der Waals surface area (Å²) < 4.78 is 6.05. The molecule has 0 bridgehead atoms. The zero-order valence-electron chi connectivity index (χ0n) is 13.6. The molecule has 0 radical (unpaired) electrons. The summed E-state index contributed by atoms with van der Waals surface area (Å²) in [4.78, 5) is 14.3. The summed E-state index contributed by atoms with van der Waals surface area (Å²) in [7, 11) is 0. The molecule has 0 spiro atoms. The highest BCUT2D eigenvalue weighted by molar-refractivity contribution is 5.85. The first-order valence-corrected chi connectivity index (χ1v) is 8.19. The zero-order chi connectivity index (χ0) is 17.1. The van der Waals surface area contributed by atoms with Gasteiger partial charge in [-0.1, -0.05) is 54.6 Å². The van der Waals surface area contributed by atoms with Crippen molar-refractivity contribution in [2.75, 3.05) is 0 Å². The van der Waals surface area contributed by atoms with Crippen LogP contribution in [0.5, 0.6) is 5.75 Å². The molecule has 0 atom stereocenters. The maximum Gasteiger partial charge on any atom is 0.248 e. The Labute approximate surface area is 145 Å². The number of fused-ring (bicyclic) bond motifs is 1. The van der Waals surface area contributed by atoms with E-state index in [1.54, 1.807) is 6.07 Å². The predicted octanol–water partition coefficient (Wildman–Crippen LogP) is 4.77. The molecule has 122 valence electrons. The third-order valence-corrected chi connectivity index (χ3v) is 4.16. The topological polar surface area (TPSA) is 42.1 Å². The second-order valence-corrected chi connectivity index (χ2v) is 5.90. The van der Waals surface area contributed by atoms with Crippen molar-refractivity contribution in [3.63, 3.8) is 0 Å². The monoisotopic (exact) mass is 327 g/mol. The van der Waals surface area contributed by atoms with Crippen LogP contribution in [0.3, 0.4) is 0 Å². The van der Waals surface area contributed by atoms with Gasteiger partial charge in [0, 0.05) is 17.1 Å². The van der Waals surface area contributed by atoms with E-state index in [0.717, 1.165) is 33.3 Å². The summed E-state index contributed by atoms with van der Waals surface area (Å²) in [6, 6.07) is 27.5. The fraction of sp³-hybridized carbons (Fsp3) is 0.0455. The molecule has 3 heteroatoms. The molecule has 4 aromatic rings. The minimum Gasteiger partial charge on any atom is -0.488 e. The van der Waals surface area contributed by atoms with Crippen molar-refractivity contribution in [3.8, 4) is 16.9 Å². The van der Waals surface area contributed by atoms with Crippen molar-refractivity contribution in [2.24, 2.45) is 0 Å². The van der Waals surface area contributed by atoms with Gasteiger partial charge in [0.2, 0.25) is 5.56 Å².